The topological polar surface area (TPSA) is 73.9 Å². The Hall–Kier alpha value is -2.28. The van der Waals surface area contributed by atoms with E-state index in [0.29, 0.717) is 19.5 Å². The largest absolute Gasteiger partial charge is 0.378 e. The number of amides is 3. The monoisotopic (exact) mass is 402 g/mol. The summed E-state index contributed by atoms with van der Waals surface area (Å²) in [6.45, 7) is 4.12. The molecule has 1 saturated carbocycles. The first-order chi connectivity index (χ1) is 14.1. The molecule has 0 atom stereocenters. The van der Waals surface area contributed by atoms with E-state index >= 15 is 0 Å². The van der Waals surface area contributed by atoms with Crippen molar-refractivity contribution in [3.8, 4) is 0 Å². The van der Waals surface area contributed by atoms with Gasteiger partial charge in [-0.1, -0.05) is 37.5 Å². The van der Waals surface area contributed by atoms with E-state index in [1.807, 2.05) is 19.2 Å². The molecule has 0 unspecified atom stereocenters. The van der Waals surface area contributed by atoms with Crippen LogP contribution in [0.2, 0.25) is 0 Å². The Bertz CT molecular complexity index is 670. The summed E-state index contributed by atoms with van der Waals surface area (Å²) in [7, 11) is 1.82. The van der Waals surface area contributed by atoms with Gasteiger partial charge >= 0.3 is 6.03 Å². The van der Waals surface area contributed by atoms with E-state index in [9.17, 15) is 9.59 Å². The van der Waals surface area contributed by atoms with Crippen molar-refractivity contribution < 1.29 is 14.3 Å². The minimum absolute atomic E-state index is 0.0275. The van der Waals surface area contributed by atoms with Gasteiger partial charge in [-0.15, -0.1) is 0 Å². The summed E-state index contributed by atoms with van der Waals surface area (Å²) in [6, 6.07) is 8.34. The highest BCUT2D eigenvalue weighted by atomic mass is 16.5. The Balaban J connectivity index is 1.43. The molecule has 2 N–H and O–H groups in total. The standard InChI is InChI=1S/C22H34N4O3/c1-25(17-18-7-5-6-10-20(18)26-13-15-29-16-14-26)21(27)11-12-23-22(28)24-19-8-3-2-4-9-19/h5-7,10,19H,2-4,8-9,11-17H2,1H3,(H2,23,24,28). The van der Waals surface area contributed by atoms with Crippen molar-refractivity contribution in [2.75, 3.05) is 44.8 Å². The molecule has 0 bridgehead atoms. The minimum atomic E-state index is -0.162. The molecule has 1 aliphatic carbocycles. The number of ether oxygens (including phenoxy) is 1. The number of nitrogens with zero attached hydrogens (tertiary/aromatic N) is 2. The van der Waals surface area contributed by atoms with Crippen molar-refractivity contribution in [3.63, 3.8) is 0 Å². The lowest BCUT2D eigenvalue weighted by Gasteiger charge is -2.31. The van der Waals surface area contributed by atoms with Gasteiger partial charge in [0.1, 0.15) is 0 Å². The predicted molar refractivity (Wildman–Crippen MR) is 114 cm³/mol. The van der Waals surface area contributed by atoms with E-state index < -0.39 is 0 Å². The van der Waals surface area contributed by atoms with Gasteiger partial charge in [0.25, 0.3) is 0 Å². The van der Waals surface area contributed by atoms with Gasteiger partial charge in [0.15, 0.2) is 0 Å². The smallest absolute Gasteiger partial charge is 0.315 e. The first kappa shape index (κ1) is 21.4. The number of hydrogen-bond donors (Lipinski definition) is 2. The third-order valence-electron chi connectivity index (χ3n) is 5.74. The molecule has 1 aromatic carbocycles. The lowest BCUT2D eigenvalue weighted by Crippen LogP contribution is -2.44. The Kier molecular flexibility index (Phi) is 8.16. The second-order valence-electron chi connectivity index (χ2n) is 7.96. The highest BCUT2D eigenvalue weighted by Gasteiger charge is 2.18. The summed E-state index contributed by atoms with van der Waals surface area (Å²) in [4.78, 5) is 28.6. The molecule has 3 amide bonds. The van der Waals surface area contributed by atoms with Crippen LogP contribution in [0.15, 0.2) is 24.3 Å². The fourth-order valence-electron chi connectivity index (χ4n) is 4.06. The fourth-order valence-corrected chi connectivity index (χ4v) is 4.06. The molecule has 0 aromatic heterocycles. The summed E-state index contributed by atoms with van der Waals surface area (Å²) in [5, 5.41) is 5.84. The minimum Gasteiger partial charge on any atom is -0.378 e. The molecule has 3 rings (SSSR count). The van der Waals surface area contributed by atoms with Crippen LogP contribution in [0.4, 0.5) is 10.5 Å². The van der Waals surface area contributed by atoms with Gasteiger partial charge in [-0.2, -0.15) is 0 Å². The fraction of sp³-hybridized carbons (Fsp3) is 0.636. The Labute approximate surface area is 173 Å². The second kappa shape index (κ2) is 11.0. The highest BCUT2D eigenvalue weighted by molar-refractivity contribution is 5.78. The quantitative estimate of drug-likeness (QED) is 0.735. The predicted octanol–water partition coefficient (Wildman–Crippen LogP) is 2.50. The first-order valence-electron chi connectivity index (χ1n) is 10.8. The van der Waals surface area contributed by atoms with Crippen LogP contribution < -0.4 is 15.5 Å². The van der Waals surface area contributed by atoms with Crippen molar-refractivity contribution in [1.82, 2.24) is 15.5 Å². The summed E-state index contributed by atoms with van der Waals surface area (Å²) in [5.41, 5.74) is 2.30. The third kappa shape index (κ3) is 6.63. The van der Waals surface area contributed by atoms with Crippen LogP contribution in [0.3, 0.4) is 0 Å². The van der Waals surface area contributed by atoms with Crippen molar-refractivity contribution >= 4 is 17.6 Å². The molecule has 0 spiro atoms. The van der Waals surface area contributed by atoms with E-state index in [0.717, 1.165) is 44.7 Å². The lowest BCUT2D eigenvalue weighted by atomic mass is 9.96. The highest BCUT2D eigenvalue weighted by Crippen LogP contribution is 2.23. The SMILES string of the molecule is CN(Cc1ccccc1N1CCOCC1)C(=O)CCNC(=O)NC1CCCCC1. The maximum absolute atomic E-state index is 12.5. The average molecular weight is 403 g/mol. The van der Waals surface area contributed by atoms with E-state index in [2.05, 4.69) is 27.7 Å². The molecule has 160 valence electrons. The number of urea groups is 1. The molecule has 7 heteroatoms. The van der Waals surface area contributed by atoms with E-state index in [4.69, 9.17) is 4.74 Å². The van der Waals surface area contributed by atoms with Crippen molar-refractivity contribution in [3.05, 3.63) is 29.8 Å². The van der Waals surface area contributed by atoms with Crippen molar-refractivity contribution in [1.29, 1.82) is 0 Å². The maximum atomic E-state index is 12.5. The number of para-hydroxylation sites is 1. The Morgan fingerprint density at radius 2 is 1.86 bits per heavy atom. The zero-order chi connectivity index (χ0) is 20.5. The lowest BCUT2D eigenvalue weighted by molar-refractivity contribution is -0.130. The van der Waals surface area contributed by atoms with Gasteiger partial charge in [-0.05, 0) is 24.5 Å². The molecule has 1 heterocycles. The van der Waals surface area contributed by atoms with Crippen LogP contribution in [0.5, 0.6) is 0 Å². The van der Waals surface area contributed by atoms with Gasteiger partial charge in [-0.25, -0.2) is 4.79 Å². The molecule has 1 saturated heterocycles. The number of morpholine rings is 1. The third-order valence-corrected chi connectivity index (χ3v) is 5.74. The number of rotatable bonds is 7. The maximum Gasteiger partial charge on any atom is 0.315 e. The molecule has 1 aromatic rings. The number of hydrogen-bond acceptors (Lipinski definition) is 4. The van der Waals surface area contributed by atoms with Crippen molar-refractivity contribution in [2.24, 2.45) is 0 Å². The Morgan fingerprint density at radius 3 is 2.62 bits per heavy atom. The van der Waals surface area contributed by atoms with Crippen LogP contribution in [0.1, 0.15) is 44.1 Å². The van der Waals surface area contributed by atoms with E-state index in [1.165, 1.54) is 24.9 Å². The van der Waals surface area contributed by atoms with Crippen molar-refractivity contribution in [2.45, 2.75) is 51.1 Å². The first-order valence-corrected chi connectivity index (χ1v) is 10.8. The van der Waals surface area contributed by atoms with Gasteiger partial charge < -0.3 is 25.2 Å². The number of anilines is 1. The number of nitrogens with one attached hydrogen (secondary N) is 2. The van der Waals surface area contributed by atoms with Crippen LogP contribution in [0.25, 0.3) is 0 Å². The van der Waals surface area contributed by atoms with Crippen LogP contribution in [-0.4, -0.2) is 62.8 Å². The molecule has 1 aliphatic heterocycles. The Morgan fingerprint density at radius 1 is 1.14 bits per heavy atom. The van der Waals surface area contributed by atoms with Crippen LogP contribution in [0, 0.1) is 0 Å². The molecule has 29 heavy (non-hydrogen) atoms. The summed E-state index contributed by atoms with van der Waals surface area (Å²) < 4.78 is 5.45. The molecule has 2 aliphatic rings. The molecule has 0 radical (unpaired) electrons. The number of carbonyl (C=O) groups is 2. The van der Waals surface area contributed by atoms with E-state index in [-0.39, 0.29) is 18.0 Å². The zero-order valence-electron chi connectivity index (χ0n) is 17.5. The summed E-state index contributed by atoms with van der Waals surface area (Å²) in [5.74, 6) is 0.0275. The van der Waals surface area contributed by atoms with Gasteiger partial charge in [0, 0.05) is 51.4 Å². The van der Waals surface area contributed by atoms with E-state index in [1.54, 1.807) is 4.90 Å². The van der Waals surface area contributed by atoms with Gasteiger partial charge in [0.2, 0.25) is 5.91 Å². The van der Waals surface area contributed by atoms with Gasteiger partial charge in [0.05, 0.1) is 13.2 Å². The molecular weight excluding hydrogens is 368 g/mol. The van der Waals surface area contributed by atoms with Gasteiger partial charge in [-0.3, -0.25) is 4.79 Å². The summed E-state index contributed by atoms with van der Waals surface area (Å²) >= 11 is 0. The molecular formula is C22H34N4O3. The normalized spacial score (nSPS) is 17.6. The molecule has 2 fully saturated rings. The number of carbonyl (C=O) groups excluding carboxylic acids is 2. The number of benzene rings is 1. The molecule has 7 nitrogen and oxygen atoms in total. The zero-order valence-corrected chi connectivity index (χ0v) is 17.5. The second-order valence-corrected chi connectivity index (χ2v) is 7.96. The van der Waals surface area contributed by atoms with Crippen LogP contribution in [-0.2, 0) is 16.1 Å². The van der Waals surface area contributed by atoms with Crippen LogP contribution >= 0.6 is 0 Å². The summed E-state index contributed by atoms with van der Waals surface area (Å²) in [6.07, 6.45) is 6.03. The average Bonchev–Trinajstić information content (AvgIpc) is 2.75.